The maximum Gasteiger partial charge on any atom is 0.438 e. The molecule has 0 saturated heterocycles. The molecule has 5 aliphatic rings. The summed E-state index contributed by atoms with van der Waals surface area (Å²) in [5, 5.41) is 27.5. The number of nitriles is 1. The summed E-state index contributed by atoms with van der Waals surface area (Å²) in [5.41, 5.74) is 5.28. The number of H-pyrrole nitrogens is 4. The highest BCUT2D eigenvalue weighted by Crippen LogP contribution is 2.15. The first-order chi connectivity index (χ1) is 38.4. The van der Waals surface area contributed by atoms with Gasteiger partial charge in [-0.15, -0.1) is 0 Å². The number of amidine groups is 2. The zero-order chi connectivity index (χ0) is 62.2. The largest absolute Gasteiger partial charge is 0.479 e. The summed E-state index contributed by atoms with van der Waals surface area (Å²) < 4.78 is 14.2. The fraction of sp³-hybridized carbons (Fsp3) is 0.617. The predicted molar refractivity (Wildman–Crippen MR) is 344 cm³/mol. The summed E-state index contributed by atoms with van der Waals surface area (Å²) in [6.45, 7) is 46.3. The molecule has 0 radical (unpaired) electrons. The number of carbonyl (C=O) groups excluding carboxylic acids is 2. The van der Waals surface area contributed by atoms with E-state index in [1.807, 2.05) is 107 Å². The fourth-order valence-corrected chi connectivity index (χ4v) is 6.33. The van der Waals surface area contributed by atoms with Crippen molar-refractivity contribution in [2.24, 2.45) is 59.8 Å². The highest BCUT2D eigenvalue weighted by molar-refractivity contribution is 7.71. The van der Waals surface area contributed by atoms with Crippen molar-refractivity contribution < 1.29 is 23.4 Å². The van der Waals surface area contributed by atoms with E-state index in [0.29, 0.717) is 78.0 Å². The van der Waals surface area contributed by atoms with Gasteiger partial charge < -0.3 is 29.9 Å². The predicted octanol–water partition coefficient (Wildman–Crippen LogP) is 12.7. The van der Waals surface area contributed by atoms with Crippen molar-refractivity contribution in [1.82, 2.24) is 50.9 Å². The quantitative estimate of drug-likeness (QED) is 0.0852. The highest BCUT2D eigenvalue weighted by atomic mass is 32.1. The Morgan fingerprint density at radius 2 is 1.20 bits per heavy atom. The number of hydrogen-bond donors (Lipinski definition) is 6. The minimum absolute atomic E-state index is 0. The van der Waals surface area contributed by atoms with E-state index in [0.717, 1.165) is 60.2 Å². The van der Waals surface area contributed by atoms with Crippen LogP contribution in [-0.4, -0.2) is 113 Å². The summed E-state index contributed by atoms with van der Waals surface area (Å²) in [6.07, 6.45) is 11.0. The van der Waals surface area contributed by atoms with Gasteiger partial charge in [-0.25, -0.2) is 24.9 Å². The van der Waals surface area contributed by atoms with Gasteiger partial charge >= 0.3 is 10.6 Å². The maximum atomic E-state index is 10.5. The summed E-state index contributed by atoms with van der Waals surface area (Å²) in [6, 6.07) is 2.36. The third-order valence-electron chi connectivity index (χ3n) is 11.1. The van der Waals surface area contributed by atoms with Gasteiger partial charge in [-0.1, -0.05) is 151 Å². The van der Waals surface area contributed by atoms with Crippen LogP contribution in [0.1, 0.15) is 218 Å². The molecule has 23 nitrogen and oxygen atoms in total. The van der Waals surface area contributed by atoms with E-state index in [4.69, 9.17) is 14.5 Å². The molecule has 4 aromatic heterocycles. The molecule has 2 amide bonds. The smallest absolute Gasteiger partial charge is 0.438 e. The molecule has 0 spiro atoms. The van der Waals surface area contributed by atoms with Crippen LogP contribution >= 0.6 is 12.2 Å². The lowest BCUT2D eigenvalue weighted by atomic mass is 9.99. The van der Waals surface area contributed by atoms with Crippen LogP contribution in [0.2, 0.25) is 0 Å². The number of allylic oxidation sites excluding steroid dienone is 2. The Hall–Kier alpha value is -7.55. The van der Waals surface area contributed by atoms with Crippen molar-refractivity contribution in [3.05, 3.63) is 86.9 Å². The number of aromatic amines is 4. The van der Waals surface area contributed by atoms with Gasteiger partial charge in [0.25, 0.3) is 0 Å². The fourth-order valence-electron chi connectivity index (χ4n) is 6.19. The summed E-state index contributed by atoms with van der Waals surface area (Å²) in [4.78, 5) is 68.7. The Morgan fingerprint density at radius 3 is 1.43 bits per heavy atom. The molecule has 24 heteroatoms. The molecule has 9 rings (SSSR count). The molecule has 1 unspecified atom stereocenters. The number of aromatic nitrogens is 8. The standard InChI is InChI=1S/C9H13N.C7H9N3.C7H12N2.C7H13NO.2C6H10N2O.C6H10N2.C5H8N2O2.C5H8N2OS.2CH4/c1-7(2)9-6-8(3)4-5-10-9;1-5(2)7-9-4-6(3-8)10-7;1-5(2)7-8-4-6(3)9-7;1-5(2)7-8-6(3)4-9-7;2*1-4(2)6-7-3-5(9)8-6;1-5(2)6-3-4-7-8-6;1-3(2)4-6-5(8)9-7-4;1-3(2)4-6-5(9)8-7-4;;/h4-5,7H,3,6H2,1-2H3;4-5H,1-2H3,(H,9,10);4-5H,1-3H3,(H,8,9);5-6H,4H2,1-3H3;2*4H,3H2,1-2H3,(H,7,8,9);4-5H,3H2,1-2H3;3H,1-2H3,(H,6,7,8);3H,1-2H3,(H,6,7,9);2*1H4. The molecule has 1 atom stereocenters. The van der Waals surface area contributed by atoms with Crippen LogP contribution in [0.4, 0.5) is 0 Å². The van der Waals surface area contributed by atoms with E-state index in [2.05, 4.69) is 167 Å². The van der Waals surface area contributed by atoms with Crippen LogP contribution in [0.25, 0.3) is 0 Å². The van der Waals surface area contributed by atoms with Crippen molar-refractivity contribution in [2.45, 2.75) is 196 Å². The highest BCUT2D eigenvalue weighted by Gasteiger charge is 2.18. The second kappa shape index (κ2) is 41.4. The first-order valence-corrected chi connectivity index (χ1v) is 28.3. The minimum Gasteiger partial charge on any atom is -0.479 e. The molecule has 0 fully saturated rings. The summed E-state index contributed by atoms with van der Waals surface area (Å²) >= 11 is 4.64. The zero-order valence-corrected chi connectivity index (χ0v) is 53.0. The molecule has 0 aliphatic carbocycles. The Kier molecular flexibility index (Phi) is 38.7. The number of aliphatic imine (C=N–C) groups is 4. The van der Waals surface area contributed by atoms with Crippen LogP contribution in [-0.2, 0) is 14.3 Å². The van der Waals surface area contributed by atoms with Crippen molar-refractivity contribution in [1.29, 1.82) is 5.26 Å². The summed E-state index contributed by atoms with van der Waals surface area (Å²) in [5.74, 6) is 9.16. The Bertz CT molecular complexity index is 2840. The lowest BCUT2D eigenvalue weighted by Gasteiger charge is -2.11. The van der Waals surface area contributed by atoms with E-state index in [9.17, 15) is 14.4 Å². The molecule has 0 aromatic carbocycles. The second-order valence-electron chi connectivity index (χ2n) is 22.1. The van der Waals surface area contributed by atoms with Gasteiger partial charge in [0.2, 0.25) is 11.8 Å². The Balaban J connectivity index is 0. The van der Waals surface area contributed by atoms with Crippen LogP contribution < -0.4 is 16.4 Å². The Morgan fingerprint density at radius 1 is 0.679 bits per heavy atom. The van der Waals surface area contributed by atoms with Crippen molar-refractivity contribution >= 4 is 59.2 Å². The first kappa shape index (κ1) is 78.5. The van der Waals surface area contributed by atoms with Gasteiger partial charge in [-0.05, 0) is 49.6 Å². The minimum atomic E-state index is -0.487. The number of hydrogen-bond acceptors (Lipinski definition) is 18. The second-order valence-corrected chi connectivity index (χ2v) is 22.4. The van der Waals surface area contributed by atoms with Gasteiger partial charge in [0, 0.05) is 90.0 Å². The number of ether oxygens (including phenoxy) is 1. The molecule has 4 aromatic rings. The summed E-state index contributed by atoms with van der Waals surface area (Å²) in [7, 11) is 0. The van der Waals surface area contributed by atoms with Crippen molar-refractivity contribution in [3.8, 4) is 6.07 Å². The number of rotatable bonds is 9. The van der Waals surface area contributed by atoms with Gasteiger partial charge in [0.1, 0.15) is 60.6 Å². The number of imidazole rings is 2. The topological polar surface area (TPSA) is 323 Å². The molecule has 0 bridgehead atoms. The number of amides is 2. The number of nitrogens with one attached hydrogen (secondary N) is 6. The van der Waals surface area contributed by atoms with Crippen molar-refractivity contribution in [3.63, 3.8) is 0 Å². The first-order valence-electron chi connectivity index (χ1n) is 27.9. The molecule has 0 saturated carbocycles. The molecular formula is C60H101N17O6S. The number of nitrogens with zero attached hydrogens (tertiary/aromatic N) is 11. The lowest BCUT2D eigenvalue weighted by molar-refractivity contribution is -0.118. The lowest BCUT2D eigenvalue weighted by Crippen LogP contribution is -2.27. The maximum absolute atomic E-state index is 10.5. The molecule has 84 heavy (non-hydrogen) atoms. The van der Waals surface area contributed by atoms with Gasteiger partial charge in [-0.3, -0.25) is 34.1 Å². The molecule has 9 heterocycles. The SMILES string of the molecule is C.C.C=C1C=CN=C(C(C)C)C1.CC(C)C1=NCC(=O)N1.CC(C)C1=NCC(=O)N1.CC(C)C1=NN=CC1.CC(C)c1nc(=S)o[nH]1.CC(C)c1ncc(C#N)[nH]1.CC(C)c1noc(=O)[nH]1.CC1COC(C(C)C)=N1.Cc1cnc(C(C)C)[nH]1. The van der Waals surface area contributed by atoms with E-state index < -0.39 is 5.76 Å². The zero-order valence-electron chi connectivity index (χ0n) is 52.2. The van der Waals surface area contributed by atoms with Crippen LogP contribution in [0, 0.1) is 52.7 Å². The van der Waals surface area contributed by atoms with Crippen LogP contribution in [0.15, 0.2) is 80.8 Å². The average molecular weight is 1190 g/mol. The third-order valence-corrected chi connectivity index (χ3v) is 11.3. The number of aryl methyl sites for hydroxylation is 1. The van der Waals surface area contributed by atoms with E-state index in [-0.39, 0.29) is 37.4 Å². The normalized spacial score (nSPS) is 15.1. The Labute approximate surface area is 505 Å². The molecule has 468 valence electrons. The average Bonchev–Trinajstić information content (AvgIpc) is 4.33. The van der Waals surface area contributed by atoms with Crippen molar-refractivity contribution in [2.75, 3.05) is 19.7 Å². The monoisotopic (exact) mass is 1190 g/mol. The van der Waals surface area contributed by atoms with E-state index >= 15 is 0 Å². The van der Waals surface area contributed by atoms with Crippen LogP contribution in [0.5, 0.6) is 0 Å². The van der Waals surface area contributed by atoms with E-state index in [1.165, 1.54) is 17.0 Å². The molecule has 5 aliphatic heterocycles. The van der Waals surface area contributed by atoms with Crippen LogP contribution in [0.3, 0.4) is 0 Å². The van der Waals surface area contributed by atoms with E-state index in [1.54, 1.807) is 6.20 Å². The molecule has 6 N–H and O–H groups in total. The molecular weight excluding hydrogens is 1090 g/mol. The van der Waals surface area contributed by atoms with Gasteiger partial charge in [0.15, 0.2) is 11.7 Å². The third kappa shape index (κ3) is 32.9. The van der Waals surface area contributed by atoms with Gasteiger partial charge in [0.05, 0.1) is 12.2 Å². The number of carbonyl (C=O) groups is 2. The van der Waals surface area contributed by atoms with Gasteiger partial charge in [-0.2, -0.15) is 20.4 Å².